The topological polar surface area (TPSA) is 105 Å². The number of unbranched alkanes of at least 4 members (excludes halogenated alkanes) is 3. The molecule has 0 radical (unpaired) electrons. The first-order valence-electron chi connectivity index (χ1n) is 11.3. The number of ketones is 1. The predicted octanol–water partition coefficient (Wildman–Crippen LogP) is 6.34. The molecule has 0 aliphatic heterocycles. The number of carbonyl (C=O) groups excluding carboxylic acids is 1. The number of aryl methyl sites for hydroxylation is 1. The fourth-order valence-electron chi connectivity index (χ4n) is 3.43. The maximum absolute atomic E-state index is 12.8. The van der Waals surface area contributed by atoms with Gasteiger partial charge in [0.15, 0.2) is 5.78 Å². The molecule has 0 saturated carbocycles. The molecule has 2 aromatic rings. The smallest absolute Gasteiger partial charge is 0.351 e. The number of carboxylic acids is 1. The van der Waals surface area contributed by atoms with Gasteiger partial charge in [0.25, 0.3) is 0 Å². The highest BCUT2D eigenvalue weighted by molar-refractivity contribution is 7.12. The monoisotopic (exact) mass is 472 g/mol. The molecular weight excluding hydrogens is 440 g/mol. The third kappa shape index (κ3) is 8.17. The van der Waals surface area contributed by atoms with Crippen LogP contribution < -0.4 is 5.63 Å². The summed E-state index contributed by atoms with van der Waals surface area (Å²) in [7, 11) is 0. The molecule has 2 aromatic heterocycles. The maximum atomic E-state index is 12.8. The van der Waals surface area contributed by atoms with Crippen molar-refractivity contribution >= 4 is 29.2 Å². The van der Waals surface area contributed by atoms with Crippen molar-refractivity contribution in [1.29, 1.82) is 0 Å². The summed E-state index contributed by atoms with van der Waals surface area (Å²) in [6.45, 7) is 5.60. The van der Waals surface area contributed by atoms with Crippen LogP contribution in [0, 0.1) is 0 Å². The third-order valence-electron chi connectivity index (χ3n) is 5.37. The van der Waals surface area contributed by atoms with Crippen LogP contribution in [0.15, 0.2) is 45.1 Å². The zero-order chi connectivity index (χ0) is 24.4. The van der Waals surface area contributed by atoms with Gasteiger partial charge >= 0.3 is 11.6 Å². The molecule has 0 saturated heterocycles. The van der Waals surface area contributed by atoms with E-state index in [2.05, 4.69) is 13.0 Å². The Morgan fingerprint density at radius 3 is 2.64 bits per heavy atom. The lowest BCUT2D eigenvalue weighted by molar-refractivity contribution is -0.131. The van der Waals surface area contributed by atoms with Gasteiger partial charge in [-0.1, -0.05) is 39.2 Å². The minimum Gasteiger partial charge on any atom is -0.507 e. The van der Waals surface area contributed by atoms with Gasteiger partial charge < -0.3 is 14.6 Å². The van der Waals surface area contributed by atoms with E-state index in [0.29, 0.717) is 18.4 Å². The molecular formula is C26H32O6S. The highest BCUT2D eigenvalue weighted by atomic mass is 32.1. The zero-order valence-electron chi connectivity index (χ0n) is 19.4. The largest absolute Gasteiger partial charge is 0.507 e. The summed E-state index contributed by atoms with van der Waals surface area (Å²) < 4.78 is 5.32. The van der Waals surface area contributed by atoms with Gasteiger partial charge in [-0.15, -0.1) is 11.3 Å². The Labute approximate surface area is 198 Å². The van der Waals surface area contributed by atoms with Gasteiger partial charge in [0, 0.05) is 27.8 Å². The van der Waals surface area contributed by atoms with Crippen molar-refractivity contribution in [2.75, 3.05) is 0 Å². The molecule has 178 valence electrons. The first-order chi connectivity index (χ1) is 15.7. The molecule has 1 atom stereocenters. The van der Waals surface area contributed by atoms with Crippen LogP contribution in [-0.4, -0.2) is 22.0 Å². The number of Topliss-reactive ketones (excluding diaryl/α,β-unsaturated/α-hetero) is 1. The van der Waals surface area contributed by atoms with Crippen LogP contribution in [0.4, 0.5) is 0 Å². The summed E-state index contributed by atoms with van der Waals surface area (Å²) in [4.78, 5) is 38.1. The zero-order valence-corrected chi connectivity index (χ0v) is 20.2. The van der Waals surface area contributed by atoms with Gasteiger partial charge in [-0.2, -0.15) is 0 Å². The van der Waals surface area contributed by atoms with Crippen LogP contribution in [0.25, 0.3) is 6.08 Å². The second-order valence-electron chi connectivity index (χ2n) is 8.19. The van der Waals surface area contributed by atoms with Crippen molar-refractivity contribution in [3.63, 3.8) is 0 Å². The highest BCUT2D eigenvalue weighted by Crippen LogP contribution is 2.27. The number of thiophene rings is 1. The Balaban J connectivity index is 2.10. The fraction of sp³-hybridized carbons (Fsp3) is 0.423. The van der Waals surface area contributed by atoms with Crippen LogP contribution in [0.2, 0.25) is 0 Å². The van der Waals surface area contributed by atoms with Crippen molar-refractivity contribution in [3.8, 4) is 5.75 Å². The lowest BCUT2D eigenvalue weighted by atomic mass is 9.99. The van der Waals surface area contributed by atoms with Crippen molar-refractivity contribution in [1.82, 2.24) is 0 Å². The van der Waals surface area contributed by atoms with Gasteiger partial charge in [0.1, 0.15) is 17.1 Å². The molecule has 2 rings (SSSR count). The van der Waals surface area contributed by atoms with E-state index >= 15 is 0 Å². The molecule has 0 aliphatic carbocycles. The van der Waals surface area contributed by atoms with Crippen LogP contribution in [0.1, 0.15) is 91.1 Å². The Morgan fingerprint density at radius 2 is 1.97 bits per heavy atom. The summed E-state index contributed by atoms with van der Waals surface area (Å²) in [6, 6.07) is 5.32. The Morgan fingerprint density at radius 1 is 1.21 bits per heavy atom. The van der Waals surface area contributed by atoms with E-state index < -0.39 is 23.1 Å². The Hall–Kier alpha value is -2.93. The molecule has 0 bridgehead atoms. The molecule has 0 spiro atoms. The second kappa shape index (κ2) is 12.9. The fourth-order valence-corrected chi connectivity index (χ4v) is 4.49. The number of hydrogen-bond donors (Lipinski definition) is 2. The highest BCUT2D eigenvalue weighted by Gasteiger charge is 2.22. The lowest BCUT2D eigenvalue weighted by Crippen LogP contribution is -2.16. The molecule has 0 amide bonds. The van der Waals surface area contributed by atoms with Crippen molar-refractivity contribution in [3.05, 3.63) is 67.4 Å². The molecule has 33 heavy (non-hydrogen) atoms. The summed E-state index contributed by atoms with van der Waals surface area (Å²) in [5.74, 6) is -1.98. The Bertz CT molecular complexity index is 1070. The number of carbonyl (C=O) groups is 2. The predicted molar refractivity (Wildman–Crippen MR) is 131 cm³/mol. The maximum Gasteiger partial charge on any atom is 0.351 e. The normalized spacial score (nSPS) is 12.9. The minimum atomic E-state index is -1.02. The molecule has 2 heterocycles. The molecule has 0 fully saturated rings. The SMILES string of the molecule is CCCCCCc1ccc(C=C(C)C(=O)c2c(O)cc(C(C)CC/C=C/C(=O)O)oc2=O)s1. The number of hydrogen-bond acceptors (Lipinski definition) is 6. The van der Waals surface area contributed by atoms with E-state index in [1.165, 1.54) is 36.3 Å². The van der Waals surface area contributed by atoms with Crippen LogP contribution >= 0.6 is 11.3 Å². The minimum absolute atomic E-state index is 0.232. The van der Waals surface area contributed by atoms with Crippen molar-refractivity contribution in [2.24, 2.45) is 0 Å². The summed E-state index contributed by atoms with van der Waals surface area (Å²) in [5.41, 5.74) is -0.906. The van der Waals surface area contributed by atoms with Gasteiger partial charge in [0.2, 0.25) is 0 Å². The average molecular weight is 473 g/mol. The van der Waals surface area contributed by atoms with Gasteiger partial charge in [-0.05, 0) is 56.4 Å². The quantitative estimate of drug-likeness (QED) is 0.200. The van der Waals surface area contributed by atoms with E-state index in [1.54, 1.807) is 31.3 Å². The molecule has 0 aromatic carbocycles. The van der Waals surface area contributed by atoms with E-state index in [4.69, 9.17) is 9.52 Å². The van der Waals surface area contributed by atoms with Crippen LogP contribution in [0.5, 0.6) is 5.75 Å². The first kappa shape index (κ1) is 26.3. The van der Waals surface area contributed by atoms with E-state index in [1.807, 2.05) is 6.07 Å². The standard InChI is InChI=1S/C26H32O6S/c1-4-5-6-7-11-19-13-14-20(33-19)15-18(3)25(30)24-21(27)16-22(32-26(24)31)17(2)10-8-9-12-23(28)29/h9,12-17,27H,4-8,10-11H2,1-3H3,(H,28,29)/b12-9+,18-15?. The lowest BCUT2D eigenvalue weighted by Gasteiger charge is -2.11. The first-order valence-corrected chi connectivity index (χ1v) is 12.1. The molecule has 0 aliphatic rings. The average Bonchev–Trinajstić information content (AvgIpc) is 3.20. The number of allylic oxidation sites excluding steroid dienone is 2. The molecule has 6 nitrogen and oxygen atoms in total. The number of aromatic hydroxyl groups is 1. The summed E-state index contributed by atoms with van der Waals surface area (Å²) in [6.07, 6.45) is 11.1. The third-order valence-corrected chi connectivity index (χ3v) is 6.46. The summed E-state index contributed by atoms with van der Waals surface area (Å²) in [5, 5.41) is 19.0. The number of carboxylic acid groups (broad SMARTS) is 1. The molecule has 2 N–H and O–H groups in total. The van der Waals surface area contributed by atoms with E-state index in [0.717, 1.165) is 23.8 Å². The number of aliphatic carboxylic acids is 1. The Kier molecular flexibility index (Phi) is 10.3. The van der Waals surface area contributed by atoms with E-state index in [-0.39, 0.29) is 17.2 Å². The number of rotatable bonds is 13. The second-order valence-corrected chi connectivity index (χ2v) is 9.39. The van der Waals surface area contributed by atoms with Crippen molar-refractivity contribution < 1.29 is 24.2 Å². The van der Waals surface area contributed by atoms with Crippen LogP contribution in [0.3, 0.4) is 0 Å². The van der Waals surface area contributed by atoms with Crippen LogP contribution in [-0.2, 0) is 11.2 Å². The van der Waals surface area contributed by atoms with Gasteiger partial charge in [-0.25, -0.2) is 9.59 Å². The molecule has 1 unspecified atom stereocenters. The van der Waals surface area contributed by atoms with Gasteiger partial charge in [0.05, 0.1) is 0 Å². The molecule has 7 heteroatoms. The van der Waals surface area contributed by atoms with Gasteiger partial charge in [-0.3, -0.25) is 4.79 Å². The van der Waals surface area contributed by atoms with E-state index in [9.17, 15) is 19.5 Å². The van der Waals surface area contributed by atoms with Crippen molar-refractivity contribution in [2.45, 2.75) is 71.6 Å². The summed E-state index contributed by atoms with van der Waals surface area (Å²) >= 11 is 1.62.